The summed E-state index contributed by atoms with van der Waals surface area (Å²) in [4.78, 5) is 52.3. The summed E-state index contributed by atoms with van der Waals surface area (Å²) in [5, 5.41) is 25.2. The molecule has 36 heavy (non-hydrogen) atoms. The standard InChI is InChI=1S/C18H21N3O13P2/c1-9-3-2-4-11-14(9)10(19-33-11)7-21-13(22)5-6-20(18(21)25)17-16(24)15(23)12(32-17)8-31-36(29,30)34-35(26,27)28/h2-6,12,15-17,23-24H,7-8H2,1H3,(H,29,30)(H2,26,27,28). The van der Waals surface area contributed by atoms with Crippen molar-refractivity contribution in [3.8, 4) is 0 Å². The van der Waals surface area contributed by atoms with Crippen LogP contribution in [0.15, 0.2) is 44.6 Å². The van der Waals surface area contributed by atoms with E-state index in [1.807, 2.05) is 0 Å². The van der Waals surface area contributed by atoms with Crippen molar-refractivity contribution in [3.63, 3.8) is 0 Å². The van der Waals surface area contributed by atoms with E-state index in [9.17, 15) is 33.8 Å². The van der Waals surface area contributed by atoms with Crippen LogP contribution < -0.4 is 11.2 Å². The van der Waals surface area contributed by atoms with Crippen LogP contribution in [0, 0.1) is 6.92 Å². The van der Waals surface area contributed by atoms with Crippen molar-refractivity contribution in [1.29, 1.82) is 0 Å². The Hall–Kier alpha value is -2.49. The fourth-order valence-electron chi connectivity index (χ4n) is 3.79. The summed E-state index contributed by atoms with van der Waals surface area (Å²) in [5.74, 6) is 0. The van der Waals surface area contributed by atoms with E-state index in [1.165, 1.54) is 0 Å². The molecule has 0 aliphatic carbocycles. The summed E-state index contributed by atoms with van der Waals surface area (Å²) in [5.41, 5.74) is -0.0494. The first-order valence-corrected chi connectivity index (χ1v) is 13.2. The topological polar surface area (TPSA) is 233 Å². The summed E-state index contributed by atoms with van der Waals surface area (Å²) >= 11 is 0. The molecule has 5 atom stereocenters. The molecule has 5 unspecified atom stereocenters. The second kappa shape index (κ2) is 9.76. The molecule has 2 aromatic heterocycles. The SMILES string of the molecule is Cc1cccc2onc(Cn3c(=O)ccn(C4OC(COP(=O)(O)OP(=O)(O)O)C(O)C4O)c3=O)c12. The lowest BCUT2D eigenvalue weighted by molar-refractivity contribution is -0.0547. The molecule has 4 rings (SSSR count). The Morgan fingerprint density at radius 3 is 2.53 bits per heavy atom. The van der Waals surface area contributed by atoms with Crippen LogP contribution >= 0.6 is 15.6 Å². The third kappa shape index (κ3) is 5.43. The highest BCUT2D eigenvalue weighted by Gasteiger charge is 2.46. The second-order valence-corrected chi connectivity index (χ2v) is 10.7. The zero-order valence-corrected chi connectivity index (χ0v) is 20.1. The van der Waals surface area contributed by atoms with Crippen molar-refractivity contribution in [2.45, 2.75) is 38.0 Å². The number of nitrogens with zero attached hydrogens (tertiary/aromatic N) is 3. The van der Waals surface area contributed by atoms with E-state index in [-0.39, 0.29) is 6.54 Å². The van der Waals surface area contributed by atoms with E-state index in [0.717, 1.165) is 27.0 Å². The number of aliphatic hydroxyl groups is 2. The number of phosphoric acid groups is 2. The van der Waals surface area contributed by atoms with Gasteiger partial charge in [-0.05, 0) is 18.6 Å². The lowest BCUT2D eigenvalue weighted by Gasteiger charge is -2.19. The van der Waals surface area contributed by atoms with Gasteiger partial charge in [0.2, 0.25) is 0 Å². The quantitative estimate of drug-likeness (QED) is 0.220. The monoisotopic (exact) mass is 549 g/mol. The third-order valence-electron chi connectivity index (χ3n) is 5.40. The molecule has 5 N–H and O–H groups in total. The molecular weight excluding hydrogens is 528 g/mol. The summed E-state index contributed by atoms with van der Waals surface area (Å²) in [6, 6.07) is 6.26. The first-order chi connectivity index (χ1) is 16.8. The highest BCUT2D eigenvalue weighted by Crippen LogP contribution is 2.57. The number of ether oxygens (including phenoxy) is 1. The molecule has 196 valence electrons. The second-order valence-electron chi connectivity index (χ2n) is 7.89. The molecule has 0 bridgehead atoms. The number of hydrogen-bond donors (Lipinski definition) is 5. The molecule has 1 aromatic carbocycles. The number of hydrogen-bond acceptors (Lipinski definition) is 11. The van der Waals surface area contributed by atoms with Crippen LogP contribution in [-0.2, 0) is 29.2 Å². The average Bonchev–Trinajstić information content (AvgIpc) is 3.30. The fourth-order valence-corrected chi connectivity index (χ4v) is 5.39. The molecule has 16 nitrogen and oxygen atoms in total. The minimum Gasteiger partial charge on any atom is -0.387 e. The minimum atomic E-state index is -5.38. The van der Waals surface area contributed by atoms with Crippen LogP contribution in [0.5, 0.6) is 0 Å². The van der Waals surface area contributed by atoms with E-state index in [0.29, 0.717) is 16.7 Å². The fraction of sp³-hybridized carbons (Fsp3) is 0.389. The molecule has 3 heterocycles. The van der Waals surface area contributed by atoms with Crippen molar-refractivity contribution in [2.24, 2.45) is 0 Å². The molecule has 1 aliphatic rings. The molecule has 0 saturated carbocycles. The molecule has 1 saturated heterocycles. The Labute approximate surface area is 200 Å². The van der Waals surface area contributed by atoms with Crippen LogP contribution in [0.2, 0.25) is 0 Å². The van der Waals surface area contributed by atoms with Gasteiger partial charge in [-0.3, -0.25) is 18.5 Å². The van der Waals surface area contributed by atoms with Crippen molar-refractivity contribution < 1.29 is 52.1 Å². The number of aromatic nitrogens is 3. The maximum absolute atomic E-state index is 13.1. The maximum Gasteiger partial charge on any atom is 0.481 e. The van der Waals surface area contributed by atoms with Crippen LogP contribution in [0.25, 0.3) is 11.0 Å². The van der Waals surface area contributed by atoms with Crippen molar-refractivity contribution in [2.75, 3.05) is 6.61 Å². The Morgan fingerprint density at radius 2 is 1.83 bits per heavy atom. The molecule has 18 heteroatoms. The van der Waals surface area contributed by atoms with E-state index in [2.05, 4.69) is 14.0 Å². The molecule has 3 aromatic rings. The van der Waals surface area contributed by atoms with Crippen LogP contribution in [0.4, 0.5) is 0 Å². The molecule has 0 amide bonds. The van der Waals surface area contributed by atoms with Gasteiger partial charge < -0.3 is 34.2 Å². The smallest absolute Gasteiger partial charge is 0.387 e. The first kappa shape index (κ1) is 26.6. The van der Waals surface area contributed by atoms with Gasteiger partial charge in [0.05, 0.1) is 13.2 Å². The first-order valence-electron chi connectivity index (χ1n) is 10.2. The van der Waals surface area contributed by atoms with Crippen molar-refractivity contribution >= 4 is 26.6 Å². The Kier molecular flexibility index (Phi) is 7.20. The molecule has 0 spiro atoms. The number of fused-ring (bicyclic) bond motifs is 1. The predicted molar refractivity (Wildman–Crippen MR) is 118 cm³/mol. The maximum atomic E-state index is 13.1. The molecule has 0 radical (unpaired) electrons. The van der Waals surface area contributed by atoms with E-state index in [1.54, 1.807) is 25.1 Å². The largest absolute Gasteiger partial charge is 0.481 e. The summed E-state index contributed by atoms with van der Waals surface area (Å²) in [7, 11) is -10.6. The lowest BCUT2D eigenvalue weighted by Crippen LogP contribution is -2.43. The number of aliphatic hydroxyl groups excluding tert-OH is 2. The zero-order valence-electron chi connectivity index (χ0n) is 18.3. The van der Waals surface area contributed by atoms with Crippen molar-refractivity contribution in [3.05, 3.63) is 62.6 Å². The lowest BCUT2D eigenvalue weighted by atomic mass is 10.1. The van der Waals surface area contributed by atoms with Gasteiger partial charge in [-0.15, -0.1) is 0 Å². The highest BCUT2D eigenvalue weighted by atomic mass is 31.3. The van der Waals surface area contributed by atoms with Gasteiger partial charge in [0, 0.05) is 17.6 Å². The van der Waals surface area contributed by atoms with Gasteiger partial charge in [-0.2, -0.15) is 4.31 Å². The van der Waals surface area contributed by atoms with E-state index in [4.69, 9.17) is 19.0 Å². The molecule has 1 aliphatic heterocycles. The van der Waals surface area contributed by atoms with Crippen LogP contribution in [0.1, 0.15) is 17.5 Å². The number of phosphoric ester groups is 1. The van der Waals surface area contributed by atoms with Gasteiger partial charge in [0.25, 0.3) is 5.56 Å². The van der Waals surface area contributed by atoms with Gasteiger partial charge >= 0.3 is 21.3 Å². The third-order valence-corrected chi connectivity index (χ3v) is 7.56. The summed E-state index contributed by atoms with van der Waals surface area (Å²) < 4.78 is 42.8. The van der Waals surface area contributed by atoms with Gasteiger partial charge in [-0.1, -0.05) is 17.3 Å². The minimum absolute atomic E-state index is 0.276. The Bertz CT molecular complexity index is 1490. The Balaban J connectivity index is 1.58. The Morgan fingerprint density at radius 1 is 1.11 bits per heavy atom. The molecular formula is C18H21N3O13P2. The normalized spacial score (nSPS) is 24.3. The van der Waals surface area contributed by atoms with Crippen LogP contribution in [-0.4, -0.2) is 64.1 Å². The number of rotatable bonds is 8. The van der Waals surface area contributed by atoms with Gasteiger partial charge in [-0.25, -0.2) is 13.9 Å². The van der Waals surface area contributed by atoms with Gasteiger partial charge in [0.15, 0.2) is 11.8 Å². The number of aryl methyl sites for hydroxylation is 1. The van der Waals surface area contributed by atoms with E-state index < -0.39 is 58.0 Å². The van der Waals surface area contributed by atoms with Crippen LogP contribution in [0.3, 0.4) is 0 Å². The summed E-state index contributed by atoms with van der Waals surface area (Å²) in [6.45, 7) is 0.584. The van der Waals surface area contributed by atoms with Gasteiger partial charge in [0.1, 0.15) is 24.0 Å². The zero-order chi connectivity index (χ0) is 26.4. The summed E-state index contributed by atoms with van der Waals surface area (Å²) in [6.07, 6.45) is -5.53. The highest BCUT2D eigenvalue weighted by molar-refractivity contribution is 7.60. The van der Waals surface area contributed by atoms with Crippen molar-refractivity contribution in [1.82, 2.24) is 14.3 Å². The van der Waals surface area contributed by atoms with E-state index >= 15 is 0 Å². The predicted octanol–water partition coefficient (Wildman–Crippen LogP) is -0.647. The average molecular weight is 549 g/mol. The number of benzene rings is 1. The molecule has 1 fully saturated rings.